The summed E-state index contributed by atoms with van der Waals surface area (Å²) in [7, 11) is -3.88. The molecular formula is C14H17FN6O3S. The highest BCUT2D eigenvalue weighted by Gasteiger charge is 2.39. The number of sulfonamides is 1. The number of nitrogen functional groups attached to an aromatic ring is 1. The predicted molar refractivity (Wildman–Crippen MR) is 86.0 cm³/mol. The third-order valence-corrected chi connectivity index (χ3v) is 5.83. The fourth-order valence-corrected chi connectivity index (χ4v) is 4.37. The Kier molecular flexibility index (Phi) is 4.68. The van der Waals surface area contributed by atoms with Crippen LogP contribution in [0, 0.1) is 5.82 Å². The second-order valence-electron chi connectivity index (χ2n) is 5.59. The summed E-state index contributed by atoms with van der Waals surface area (Å²) in [5, 5.41) is 8.82. The number of carbonyl (C=O) groups excluding carboxylic acids is 1. The Labute approximate surface area is 143 Å². The number of hydrogen-bond acceptors (Lipinski definition) is 6. The minimum atomic E-state index is -3.88. The monoisotopic (exact) mass is 368 g/mol. The SMILES string of the molecule is Nc1n[nH]c(CNC(=O)[C@@H]2CCCN2S(=O)(=O)c2ccc(F)cc2)n1. The molecule has 3 rings (SSSR count). The molecule has 1 fully saturated rings. The lowest BCUT2D eigenvalue weighted by molar-refractivity contribution is -0.124. The summed E-state index contributed by atoms with van der Waals surface area (Å²) in [5.74, 6) is -0.526. The topological polar surface area (TPSA) is 134 Å². The Morgan fingerprint density at radius 1 is 1.40 bits per heavy atom. The molecule has 0 saturated carbocycles. The molecule has 2 heterocycles. The number of carbonyl (C=O) groups is 1. The number of amides is 1. The molecule has 9 nitrogen and oxygen atoms in total. The van der Waals surface area contributed by atoms with E-state index in [1.54, 1.807) is 0 Å². The van der Waals surface area contributed by atoms with Gasteiger partial charge >= 0.3 is 0 Å². The van der Waals surface area contributed by atoms with Crippen LogP contribution in [0.3, 0.4) is 0 Å². The van der Waals surface area contributed by atoms with Crippen LogP contribution in [-0.4, -0.2) is 46.4 Å². The van der Waals surface area contributed by atoms with Gasteiger partial charge in [-0.05, 0) is 37.1 Å². The van der Waals surface area contributed by atoms with E-state index >= 15 is 0 Å². The highest BCUT2D eigenvalue weighted by Crippen LogP contribution is 2.26. The highest BCUT2D eigenvalue weighted by molar-refractivity contribution is 7.89. The summed E-state index contributed by atoms with van der Waals surface area (Å²) in [5.41, 5.74) is 5.38. The Bertz CT molecular complexity index is 867. The number of halogens is 1. The van der Waals surface area contributed by atoms with Crippen molar-refractivity contribution in [2.75, 3.05) is 12.3 Å². The van der Waals surface area contributed by atoms with Crippen LogP contribution in [-0.2, 0) is 21.4 Å². The molecule has 0 aliphatic carbocycles. The molecule has 4 N–H and O–H groups in total. The first kappa shape index (κ1) is 17.3. The zero-order valence-electron chi connectivity index (χ0n) is 13.1. The van der Waals surface area contributed by atoms with Crippen LogP contribution >= 0.6 is 0 Å². The third-order valence-electron chi connectivity index (χ3n) is 3.91. The van der Waals surface area contributed by atoms with E-state index in [4.69, 9.17) is 5.73 Å². The number of aromatic amines is 1. The molecule has 2 aromatic rings. The van der Waals surface area contributed by atoms with Crippen LogP contribution in [0.5, 0.6) is 0 Å². The van der Waals surface area contributed by atoms with E-state index in [-0.39, 0.29) is 23.9 Å². The molecule has 1 saturated heterocycles. The maximum Gasteiger partial charge on any atom is 0.243 e. The van der Waals surface area contributed by atoms with Gasteiger partial charge in [0.25, 0.3) is 0 Å². The fourth-order valence-electron chi connectivity index (χ4n) is 2.71. The smallest absolute Gasteiger partial charge is 0.243 e. The molecule has 1 aromatic heterocycles. The van der Waals surface area contributed by atoms with Gasteiger partial charge in [0.2, 0.25) is 21.9 Å². The Hall–Kier alpha value is -2.53. The molecule has 0 unspecified atom stereocenters. The van der Waals surface area contributed by atoms with Crippen LogP contribution in [0.1, 0.15) is 18.7 Å². The first-order chi connectivity index (χ1) is 11.9. The predicted octanol–water partition coefficient (Wildman–Crippen LogP) is -0.00450. The minimum Gasteiger partial charge on any atom is -0.367 e. The normalized spacial score (nSPS) is 18.4. The summed E-state index contributed by atoms with van der Waals surface area (Å²) in [6.07, 6.45) is 0.971. The Morgan fingerprint density at radius 3 is 2.76 bits per heavy atom. The molecule has 1 aliphatic heterocycles. The van der Waals surface area contributed by atoms with Gasteiger partial charge in [0.15, 0.2) is 0 Å². The van der Waals surface area contributed by atoms with Crippen molar-refractivity contribution >= 4 is 21.9 Å². The molecule has 1 aliphatic rings. The zero-order valence-corrected chi connectivity index (χ0v) is 14.0. The van der Waals surface area contributed by atoms with Crippen molar-refractivity contribution in [1.29, 1.82) is 0 Å². The quantitative estimate of drug-likeness (QED) is 0.680. The molecule has 1 atom stereocenters. The van der Waals surface area contributed by atoms with Crippen LogP contribution in [0.4, 0.5) is 10.3 Å². The average Bonchev–Trinajstić information content (AvgIpc) is 3.22. The molecule has 0 radical (unpaired) electrons. The lowest BCUT2D eigenvalue weighted by Gasteiger charge is -2.23. The fraction of sp³-hybridized carbons (Fsp3) is 0.357. The van der Waals surface area contributed by atoms with E-state index in [1.807, 2.05) is 0 Å². The summed E-state index contributed by atoms with van der Waals surface area (Å²) in [6.45, 7) is 0.289. The molecule has 0 spiro atoms. The summed E-state index contributed by atoms with van der Waals surface area (Å²) >= 11 is 0. The highest BCUT2D eigenvalue weighted by atomic mass is 32.2. The van der Waals surface area contributed by atoms with Gasteiger partial charge in [0.1, 0.15) is 17.7 Å². The van der Waals surface area contributed by atoms with Crippen molar-refractivity contribution in [3.63, 3.8) is 0 Å². The minimum absolute atomic E-state index is 0.0448. The first-order valence-electron chi connectivity index (χ1n) is 7.60. The lowest BCUT2D eigenvalue weighted by Crippen LogP contribution is -2.45. The number of nitrogens with zero attached hydrogens (tertiary/aromatic N) is 3. The molecule has 134 valence electrons. The van der Waals surface area contributed by atoms with Crippen LogP contribution in [0.25, 0.3) is 0 Å². The number of nitrogens with two attached hydrogens (primary N) is 1. The summed E-state index contributed by atoms with van der Waals surface area (Å²) in [6, 6.07) is 3.71. The van der Waals surface area contributed by atoms with Crippen molar-refractivity contribution < 1.29 is 17.6 Å². The van der Waals surface area contributed by atoms with Crippen LogP contribution in [0.2, 0.25) is 0 Å². The van der Waals surface area contributed by atoms with E-state index in [9.17, 15) is 17.6 Å². The third kappa shape index (κ3) is 3.61. The number of rotatable bonds is 5. The van der Waals surface area contributed by atoms with Gasteiger partial charge < -0.3 is 11.1 Å². The number of anilines is 1. The van der Waals surface area contributed by atoms with Crippen molar-refractivity contribution in [1.82, 2.24) is 24.8 Å². The molecule has 1 amide bonds. The average molecular weight is 368 g/mol. The van der Waals surface area contributed by atoms with E-state index < -0.39 is 27.8 Å². The lowest BCUT2D eigenvalue weighted by atomic mass is 10.2. The second-order valence-corrected chi connectivity index (χ2v) is 7.48. The molecule has 25 heavy (non-hydrogen) atoms. The standard InChI is InChI=1S/C14H17FN6O3S/c15-9-3-5-10(6-4-9)25(23,24)21-7-1-2-11(21)13(22)17-8-12-18-14(16)20-19-12/h3-6,11H,1-2,7-8H2,(H,17,22)(H3,16,18,19,20)/t11-/m0/s1. The number of H-pyrrole nitrogens is 1. The number of benzene rings is 1. The van der Waals surface area contributed by atoms with Crippen LogP contribution < -0.4 is 11.1 Å². The van der Waals surface area contributed by atoms with Gasteiger partial charge in [-0.1, -0.05) is 0 Å². The number of nitrogens with one attached hydrogen (secondary N) is 2. The first-order valence-corrected chi connectivity index (χ1v) is 9.04. The van der Waals surface area contributed by atoms with Gasteiger partial charge in [-0.15, -0.1) is 5.10 Å². The second kappa shape index (κ2) is 6.76. The molecule has 11 heteroatoms. The van der Waals surface area contributed by atoms with Gasteiger partial charge in [-0.3, -0.25) is 9.89 Å². The Balaban J connectivity index is 1.72. The van der Waals surface area contributed by atoms with E-state index in [0.29, 0.717) is 18.7 Å². The number of hydrogen-bond donors (Lipinski definition) is 3. The van der Waals surface area contributed by atoms with Gasteiger partial charge in [-0.2, -0.15) is 9.29 Å². The van der Waals surface area contributed by atoms with Crippen LogP contribution in [0.15, 0.2) is 29.2 Å². The largest absolute Gasteiger partial charge is 0.367 e. The molecule has 1 aromatic carbocycles. The summed E-state index contributed by atoms with van der Waals surface area (Å²) < 4.78 is 39.6. The number of aromatic nitrogens is 3. The van der Waals surface area contributed by atoms with Crippen molar-refractivity contribution in [2.24, 2.45) is 0 Å². The molecular weight excluding hydrogens is 351 g/mol. The van der Waals surface area contributed by atoms with Gasteiger partial charge in [-0.25, -0.2) is 12.8 Å². The van der Waals surface area contributed by atoms with E-state index in [1.165, 1.54) is 12.1 Å². The Morgan fingerprint density at radius 2 is 2.12 bits per heavy atom. The van der Waals surface area contributed by atoms with Gasteiger partial charge in [0.05, 0.1) is 11.4 Å². The van der Waals surface area contributed by atoms with Crippen molar-refractivity contribution in [3.8, 4) is 0 Å². The van der Waals surface area contributed by atoms with Crippen molar-refractivity contribution in [2.45, 2.75) is 30.3 Å². The van der Waals surface area contributed by atoms with Gasteiger partial charge in [0, 0.05) is 6.54 Å². The zero-order chi connectivity index (χ0) is 18.0. The molecule has 0 bridgehead atoms. The summed E-state index contributed by atoms with van der Waals surface area (Å²) in [4.78, 5) is 16.2. The van der Waals surface area contributed by atoms with E-state index in [0.717, 1.165) is 16.4 Å². The maximum atomic E-state index is 13.0. The van der Waals surface area contributed by atoms with E-state index in [2.05, 4.69) is 20.5 Å². The van der Waals surface area contributed by atoms with Crippen molar-refractivity contribution in [3.05, 3.63) is 35.9 Å². The maximum absolute atomic E-state index is 13.0.